The molecule has 0 spiro atoms. The van der Waals surface area contributed by atoms with Crippen molar-refractivity contribution in [3.05, 3.63) is 96.1 Å². The van der Waals surface area contributed by atoms with Crippen LogP contribution in [0.2, 0.25) is 5.54 Å². The van der Waals surface area contributed by atoms with Crippen molar-refractivity contribution in [2.75, 3.05) is 0 Å². The van der Waals surface area contributed by atoms with E-state index < -0.39 is 0 Å². The molecular formula is C18H18Si. The first kappa shape index (κ1) is 12.2. The van der Waals surface area contributed by atoms with Crippen molar-refractivity contribution in [2.24, 2.45) is 0 Å². The van der Waals surface area contributed by atoms with Crippen molar-refractivity contribution in [3.8, 4) is 0 Å². The standard InChI is InChI=1S/C18H18Si/c1-3-9-15(10-4-1)18(16-11-5-2-6-12-16)19-17-13-7-8-14-17/h1-14,17-18H,19H2. The fraction of sp³-hybridized carbons (Fsp3) is 0.111. The van der Waals surface area contributed by atoms with Gasteiger partial charge in [-0.1, -0.05) is 85.0 Å². The number of rotatable bonds is 4. The minimum atomic E-state index is -0.268. The van der Waals surface area contributed by atoms with E-state index in [2.05, 4.69) is 85.0 Å². The molecule has 94 valence electrons. The second-order valence-corrected chi connectivity index (χ2v) is 7.27. The molecule has 0 saturated heterocycles. The second kappa shape index (κ2) is 5.85. The van der Waals surface area contributed by atoms with Crippen molar-refractivity contribution in [1.29, 1.82) is 0 Å². The molecule has 0 bridgehead atoms. The Labute approximate surface area is 117 Å². The van der Waals surface area contributed by atoms with Gasteiger partial charge in [0.15, 0.2) is 0 Å². The first-order valence-corrected chi connectivity index (χ1v) is 8.51. The summed E-state index contributed by atoms with van der Waals surface area (Å²) in [6.45, 7) is 0. The normalized spacial score (nSPS) is 15.0. The third-order valence-corrected chi connectivity index (χ3v) is 6.24. The Morgan fingerprint density at radius 1 is 0.684 bits per heavy atom. The lowest BCUT2D eigenvalue weighted by Gasteiger charge is -2.19. The molecule has 0 N–H and O–H groups in total. The Morgan fingerprint density at radius 2 is 1.16 bits per heavy atom. The topological polar surface area (TPSA) is 0 Å². The smallest absolute Gasteiger partial charge is 0.0467 e. The fourth-order valence-electron chi connectivity index (χ4n) is 2.74. The van der Waals surface area contributed by atoms with Crippen LogP contribution in [0.3, 0.4) is 0 Å². The van der Waals surface area contributed by atoms with Crippen LogP contribution >= 0.6 is 0 Å². The zero-order chi connectivity index (χ0) is 12.9. The molecule has 0 saturated carbocycles. The van der Waals surface area contributed by atoms with Gasteiger partial charge in [0.25, 0.3) is 0 Å². The molecule has 0 aliphatic heterocycles. The highest BCUT2D eigenvalue weighted by atomic mass is 28.2. The molecule has 0 fully saturated rings. The van der Waals surface area contributed by atoms with Crippen LogP contribution in [0.1, 0.15) is 16.7 Å². The Bertz CT molecular complexity index is 518. The van der Waals surface area contributed by atoms with Gasteiger partial charge in [0.1, 0.15) is 0 Å². The van der Waals surface area contributed by atoms with Crippen LogP contribution in [-0.4, -0.2) is 9.52 Å². The molecule has 2 aromatic rings. The average Bonchev–Trinajstić information content (AvgIpc) is 3.00. The predicted molar refractivity (Wildman–Crippen MR) is 85.3 cm³/mol. The summed E-state index contributed by atoms with van der Waals surface area (Å²) in [5, 5.41) is 0. The van der Waals surface area contributed by atoms with Gasteiger partial charge in [-0.2, -0.15) is 0 Å². The molecule has 1 aliphatic carbocycles. The van der Waals surface area contributed by atoms with E-state index in [-0.39, 0.29) is 9.52 Å². The van der Waals surface area contributed by atoms with Gasteiger partial charge in [-0.05, 0) is 22.2 Å². The van der Waals surface area contributed by atoms with Crippen molar-refractivity contribution in [1.82, 2.24) is 0 Å². The zero-order valence-electron chi connectivity index (χ0n) is 10.9. The van der Waals surface area contributed by atoms with E-state index in [4.69, 9.17) is 0 Å². The molecule has 0 radical (unpaired) electrons. The Balaban J connectivity index is 1.91. The molecule has 19 heavy (non-hydrogen) atoms. The summed E-state index contributed by atoms with van der Waals surface area (Å²) in [5.74, 6) is 0. The number of hydrogen-bond acceptors (Lipinski definition) is 0. The van der Waals surface area contributed by atoms with Gasteiger partial charge in [-0.25, -0.2) is 0 Å². The van der Waals surface area contributed by atoms with E-state index in [1.807, 2.05) is 0 Å². The summed E-state index contributed by atoms with van der Waals surface area (Å²) in [4.78, 5) is 0. The van der Waals surface area contributed by atoms with E-state index in [1.165, 1.54) is 11.1 Å². The predicted octanol–water partition coefficient (Wildman–Crippen LogP) is 3.86. The van der Waals surface area contributed by atoms with Crippen molar-refractivity contribution in [2.45, 2.75) is 11.1 Å². The molecule has 1 heteroatoms. The van der Waals surface area contributed by atoms with E-state index in [9.17, 15) is 0 Å². The third-order valence-electron chi connectivity index (χ3n) is 3.74. The van der Waals surface area contributed by atoms with Crippen LogP contribution in [0.5, 0.6) is 0 Å². The van der Waals surface area contributed by atoms with Gasteiger partial charge in [0.2, 0.25) is 0 Å². The molecular weight excluding hydrogens is 244 g/mol. The van der Waals surface area contributed by atoms with Crippen LogP contribution < -0.4 is 0 Å². The molecule has 2 aromatic carbocycles. The molecule has 0 amide bonds. The lowest BCUT2D eigenvalue weighted by molar-refractivity contribution is 1.10. The van der Waals surface area contributed by atoms with E-state index in [0.29, 0.717) is 11.1 Å². The lowest BCUT2D eigenvalue weighted by atomic mass is 10.0. The second-order valence-electron chi connectivity index (χ2n) is 5.04. The SMILES string of the molecule is C1=CC([SiH2]C(c2ccccc2)c2ccccc2)C=C1. The highest BCUT2D eigenvalue weighted by Crippen LogP contribution is 2.29. The number of hydrogen-bond donors (Lipinski definition) is 0. The summed E-state index contributed by atoms with van der Waals surface area (Å²) < 4.78 is 0. The maximum atomic E-state index is 2.35. The Morgan fingerprint density at radius 3 is 1.63 bits per heavy atom. The molecule has 0 unspecified atom stereocenters. The summed E-state index contributed by atoms with van der Waals surface area (Å²) >= 11 is 0. The Kier molecular flexibility index (Phi) is 3.75. The first-order chi connectivity index (χ1) is 9.43. The highest BCUT2D eigenvalue weighted by Gasteiger charge is 2.18. The highest BCUT2D eigenvalue weighted by molar-refractivity contribution is 6.42. The lowest BCUT2D eigenvalue weighted by Crippen LogP contribution is -2.13. The van der Waals surface area contributed by atoms with Crippen LogP contribution in [0.4, 0.5) is 0 Å². The maximum Gasteiger partial charge on any atom is 0.0467 e. The Hall–Kier alpha value is -1.86. The van der Waals surface area contributed by atoms with Crippen LogP contribution in [0.15, 0.2) is 85.0 Å². The molecule has 0 nitrogen and oxygen atoms in total. The summed E-state index contributed by atoms with van der Waals surface area (Å²) in [5.41, 5.74) is 4.24. The van der Waals surface area contributed by atoms with E-state index >= 15 is 0 Å². The number of allylic oxidation sites excluding steroid dienone is 4. The fourth-order valence-corrected chi connectivity index (χ4v) is 5.00. The maximum absolute atomic E-state index is 2.35. The largest absolute Gasteiger partial charge is 0.0810 e. The van der Waals surface area contributed by atoms with Gasteiger partial charge in [-0.3, -0.25) is 0 Å². The summed E-state index contributed by atoms with van der Waals surface area (Å²) in [6.07, 6.45) is 9.08. The van der Waals surface area contributed by atoms with Gasteiger partial charge in [0, 0.05) is 9.52 Å². The molecule has 3 rings (SSSR count). The average molecular weight is 262 g/mol. The molecule has 0 atom stereocenters. The first-order valence-electron chi connectivity index (χ1n) is 6.88. The quantitative estimate of drug-likeness (QED) is 0.734. The van der Waals surface area contributed by atoms with Crippen LogP contribution in [-0.2, 0) is 0 Å². The number of benzene rings is 2. The van der Waals surface area contributed by atoms with E-state index in [0.717, 1.165) is 0 Å². The van der Waals surface area contributed by atoms with Gasteiger partial charge >= 0.3 is 0 Å². The summed E-state index contributed by atoms with van der Waals surface area (Å²) in [7, 11) is -0.268. The van der Waals surface area contributed by atoms with Crippen molar-refractivity contribution in [3.63, 3.8) is 0 Å². The summed E-state index contributed by atoms with van der Waals surface area (Å²) in [6, 6.07) is 21.9. The van der Waals surface area contributed by atoms with Gasteiger partial charge in [-0.15, -0.1) is 0 Å². The third kappa shape index (κ3) is 2.94. The van der Waals surface area contributed by atoms with Gasteiger partial charge < -0.3 is 0 Å². The molecule has 0 heterocycles. The monoisotopic (exact) mass is 262 g/mol. The minimum Gasteiger partial charge on any atom is -0.0810 e. The zero-order valence-corrected chi connectivity index (χ0v) is 12.4. The van der Waals surface area contributed by atoms with Crippen molar-refractivity contribution >= 4 is 9.52 Å². The minimum absolute atomic E-state index is 0.268. The van der Waals surface area contributed by atoms with Gasteiger partial charge in [0.05, 0.1) is 0 Å². The van der Waals surface area contributed by atoms with Crippen LogP contribution in [0.25, 0.3) is 0 Å². The van der Waals surface area contributed by atoms with Crippen LogP contribution in [0, 0.1) is 0 Å². The molecule has 1 aliphatic rings. The van der Waals surface area contributed by atoms with E-state index in [1.54, 1.807) is 0 Å². The van der Waals surface area contributed by atoms with Crippen molar-refractivity contribution < 1.29 is 0 Å². The molecule has 0 aromatic heterocycles.